The second kappa shape index (κ2) is 63.2. The summed E-state index contributed by atoms with van der Waals surface area (Å²) in [6.45, 7) is 4.74. The maximum atomic E-state index is 13.0. The number of unbranched alkanes of at least 4 members (excludes halogenated alkanes) is 39. The fraction of sp³-hybridized carbons (Fsp3) is 0.795. The van der Waals surface area contributed by atoms with Gasteiger partial charge in [0.15, 0.2) is 0 Å². The van der Waals surface area contributed by atoms with Gasteiger partial charge in [-0.05, 0) is 70.6 Å². The number of nitrogens with zero attached hydrogens (tertiary/aromatic N) is 1. The number of nitrogens with one attached hydrogen (secondary N) is 1. The largest absolute Gasteiger partial charge is 0.472 e. The minimum atomic E-state index is -4.35. The van der Waals surface area contributed by atoms with Gasteiger partial charge in [0, 0.05) is 6.42 Å². The van der Waals surface area contributed by atoms with E-state index in [-0.39, 0.29) is 19.1 Å². The Morgan fingerprint density at radius 1 is 0.427 bits per heavy atom. The van der Waals surface area contributed by atoms with E-state index in [0.717, 1.165) is 77.0 Å². The van der Waals surface area contributed by atoms with Gasteiger partial charge in [0.25, 0.3) is 0 Å². The molecule has 0 saturated carbocycles. The van der Waals surface area contributed by atoms with Crippen molar-refractivity contribution in [1.29, 1.82) is 0 Å². The van der Waals surface area contributed by atoms with Gasteiger partial charge in [-0.25, -0.2) is 4.57 Å². The van der Waals surface area contributed by atoms with E-state index in [1.807, 2.05) is 27.2 Å². The van der Waals surface area contributed by atoms with Crippen molar-refractivity contribution < 1.29 is 32.9 Å². The molecule has 0 heterocycles. The Bertz CT molecular complexity index is 1610. The monoisotopic (exact) mass is 1170 g/mol. The van der Waals surface area contributed by atoms with E-state index in [2.05, 4.69) is 92.1 Å². The first kappa shape index (κ1) is 79.7. The molecule has 0 aromatic carbocycles. The fourth-order valence-electron chi connectivity index (χ4n) is 10.2. The molecule has 8 nitrogen and oxygen atoms in total. The number of carbonyl (C=O) groups is 1. The first-order valence-corrected chi connectivity index (χ1v) is 36.5. The molecule has 9 heteroatoms. The molecule has 0 aromatic rings. The van der Waals surface area contributed by atoms with Crippen LogP contribution in [0.25, 0.3) is 0 Å². The van der Waals surface area contributed by atoms with E-state index in [9.17, 15) is 19.4 Å². The van der Waals surface area contributed by atoms with Crippen LogP contribution >= 0.6 is 7.82 Å². The summed E-state index contributed by atoms with van der Waals surface area (Å²) in [5, 5.41) is 14.0. The number of rotatable bonds is 64. The number of hydrogen-bond donors (Lipinski definition) is 3. The number of aliphatic hydroxyl groups is 1. The van der Waals surface area contributed by atoms with Crippen LogP contribution in [0.4, 0.5) is 0 Å². The van der Waals surface area contributed by atoms with Crippen molar-refractivity contribution in [2.45, 2.75) is 334 Å². The van der Waals surface area contributed by atoms with Crippen molar-refractivity contribution in [1.82, 2.24) is 5.32 Å². The third kappa shape index (κ3) is 65.2. The Morgan fingerprint density at radius 2 is 0.732 bits per heavy atom. The van der Waals surface area contributed by atoms with Crippen molar-refractivity contribution in [3.63, 3.8) is 0 Å². The number of allylic oxidation sites excluding steroid dienone is 13. The van der Waals surface area contributed by atoms with Gasteiger partial charge in [0.1, 0.15) is 13.2 Å². The van der Waals surface area contributed by atoms with Crippen molar-refractivity contribution >= 4 is 13.7 Å². The molecule has 3 unspecified atom stereocenters. The molecule has 0 bridgehead atoms. The highest BCUT2D eigenvalue weighted by Gasteiger charge is 2.28. The van der Waals surface area contributed by atoms with Crippen molar-refractivity contribution in [3.8, 4) is 0 Å². The smallest absolute Gasteiger partial charge is 0.387 e. The van der Waals surface area contributed by atoms with Crippen molar-refractivity contribution in [2.75, 3.05) is 40.9 Å². The lowest BCUT2D eigenvalue weighted by Gasteiger charge is -2.25. The van der Waals surface area contributed by atoms with Crippen LogP contribution in [0.5, 0.6) is 0 Å². The quantitative estimate of drug-likeness (QED) is 0.0243. The Morgan fingerprint density at radius 3 is 1.07 bits per heavy atom. The van der Waals surface area contributed by atoms with Gasteiger partial charge in [-0.15, -0.1) is 0 Å². The molecule has 0 radical (unpaired) electrons. The molecule has 0 fully saturated rings. The van der Waals surface area contributed by atoms with Crippen LogP contribution in [-0.2, 0) is 18.4 Å². The standard InChI is InChI=1S/C73H135N2O6P/c1-6-8-10-12-14-16-18-20-22-24-26-28-29-30-31-32-33-34-35-36-37-38-39-40-41-42-43-44-45-47-49-51-53-55-57-59-61-63-65-67-73(77)74-71(70-81-82(78,79)80-69-68-75(3,4)5)72(76)66-64-62-60-58-56-54-52-50-48-46-27-25-23-21-19-17-15-13-11-9-7-2/h8,10,14,16,20,22,26,28,30-31,33-34,64,66,71-72,76H,6-7,9,11-13,15,17-19,21,23-25,27,29,32,35-63,65,67-70H2,1-5H3,(H-,74,77,78,79)/p+1/b10-8-,16-14-,22-20-,28-26-,31-30-,34-33-,66-64+. The second-order valence-electron chi connectivity index (χ2n) is 24.9. The highest BCUT2D eigenvalue weighted by Crippen LogP contribution is 2.43. The van der Waals surface area contributed by atoms with Crippen LogP contribution in [0.1, 0.15) is 322 Å². The Kier molecular flexibility index (Phi) is 61.4. The summed E-state index contributed by atoms with van der Waals surface area (Å²) in [5.74, 6) is -0.173. The topological polar surface area (TPSA) is 105 Å². The zero-order valence-electron chi connectivity index (χ0n) is 54.7. The molecule has 0 rings (SSSR count). The Labute approximate surface area is 509 Å². The normalized spacial score (nSPS) is 14.2. The maximum Gasteiger partial charge on any atom is 0.472 e. The summed E-state index contributed by atoms with van der Waals surface area (Å²) in [7, 11) is 1.58. The van der Waals surface area contributed by atoms with E-state index < -0.39 is 20.0 Å². The SMILES string of the molecule is CC/C=C\C/C=C\C/C=C\C/C=C\C/C=C\C/C=C\CCCCCCCCCCCCCCCCCCCCCCC(=O)NC(COP(=O)(O)OCC[N+](C)(C)C)C(O)/C=C/CCCCCCCCCCCCCCCCCCCCC. The molecule has 0 saturated heterocycles. The van der Waals surface area contributed by atoms with E-state index in [1.165, 1.54) is 225 Å². The zero-order valence-corrected chi connectivity index (χ0v) is 55.6. The second-order valence-corrected chi connectivity index (χ2v) is 26.3. The van der Waals surface area contributed by atoms with Crippen LogP contribution in [0.3, 0.4) is 0 Å². The molecule has 0 aliphatic carbocycles. The highest BCUT2D eigenvalue weighted by molar-refractivity contribution is 7.47. The lowest BCUT2D eigenvalue weighted by molar-refractivity contribution is -0.870. The minimum Gasteiger partial charge on any atom is -0.387 e. The average Bonchev–Trinajstić information content (AvgIpc) is 3.46. The number of quaternary nitrogens is 1. The summed E-state index contributed by atoms with van der Waals surface area (Å²) in [5.41, 5.74) is 0. The molecular formula is C73H136N2O6P+. The molecule has 478 valence electrons. The number of phosphoric ester groups is 1. The minimum absolute atomic E-state index is 0.0613. The third-order valence-corrected chi connectivity index (χ3v) is 16.6. The summed E-state index contributed by atoms with van der Waals surface area (Å²) >= 11 is 0. The average molecular weight is 1170 g/mol. The number of carbonyl (C=O) groups excluding carboxylic acids is 1. The van der Waals surface area contributed by atoms with Gasteiger partial charge in [-0.2, -0.15) is 0 Å². The van der Waals surface area contributed by atoms with Crippen molar-refractivity contribution in [2.24, 2.45) is 0 Å². The van der Waals surface area contributed by atoms with Crippen LogP contribution in [0.2, 0.25) is 0 Å². The van der Waals surface area contributed by atoms with Crippen molar-refractivity contribution in [3.05, 3.63) is 85.1 Å². The lowest BCUT2D eigenvalue weighted by Crippen LogP contribution is -2.45. The summed E-state index contributed by atoms with van der Waals surface area (Å²) in [4.78, 5) is 23.4. The number of amides is 1. The molecule has 0 spiro atoms. The Balaban J connectivity index is 3.99. The van der Waals surface area contributed by atoms with Gasteiger partial charge in [-0.3, -0.25) is 13.8 Å². The first-order chi connectivity index (χ1) is 40.0. The van der Waals surface area contributed by atoms with E-state index in [0.29, 0.717) is 17.4 Å². The molecular weight excluding hydrogens is 1030 g/mol. The maximum absolute atomic E-state index is 13.0. The fourth-order valence-corrected chi connectivity index (χ4v) is 11.0. The number of likely N-dealkylation sites (N-methyl/N-ethyl adjacent to an activating group) is 1. The van der Waals surface area contributed by atoms with Crippen LogP contribution in [0, 0.1) is 0 Å². The molecule has 0 aromatic heterocycles. The van der Waals surface area contributed by atoms with Gasteiger partial charge < -0.3 is 19.8 Å². The van der Waals surface area contributed by atoms with Crippen LogP contribution in [-0.4, -0.2) is 73.4 Å². The lowest BCUT2D eigenvalue weighted by atomic mass is 10.0. The van der Waals surface area contributed by atoms with Gasteiger partial charge >= 0.3 is 7.82 Å². The molecule has 0 aliphatic rings. The van der Waals surface area contributed by atoms with E-state index in [1.54, 1.807) is 6.08 Å². The number of aliphatic hydroxyl groups excluding tert-OH is 1. The molecule has 1 amide bonds. The summed E-state index contributed by atoms with van der Waals surface area (Å²) in [6, 6.07) is -0.849. The predicted molar refractivity (Wildman–Crippen MR) is 360 cm³/mol. The predicted octanol–water partition coefficient (Wildman–Crippen LogP) is 22.3. The zero-order chi connectivity index (χ0) is 59.8. The van der Waals surface area contributed by atoms with Gasteiger partial charge in [-0.1, -0.05) is 330 Å². The van der Waals surface area contributed by atoms with E-state index >= 15 is 0 Å². The van der Waals surface area contributed by atoms with Gasteiger partial charge in [0.05, 0.1) is 39.9 Å². The molecule has 3 atom stereocenters. The number of hydrogen-bond acceptors (Lipinski definition) is 5. The number of phosphoric acid groups is 1. The van der Waals surface area contributed by atoms with Crippen LogP contribution < -0.4 is 5.32 Å². The molecule has 82 heavy (non-hydrogen) atoms. The summed E-state index contributed by atoms with van der Waals surface area (Å²) in [6.07, 6.45) is 90.1. The highest BCUT2D eigenvalue weighted by atomic mass is 31.2. The molecule has 3 N–H and O–H groups in total. The molecule has 0 aliphatic heterocycles. The Hall–Kier alpha value is -2.32. The third-order valence-electron chi connectivity index (χ3n) is 15.6. The van der Waals surface area contributed by atoms with E-state index in [4.69, 9.17) is 9.05 Å². The first-order valence-electron chi connectivity index (χ1n) is 35.0. The van der Waals surface area contributed by atoms with Crippen LogP contribution in [0.15, 0.2) is 85.1 Å². The van der Waals surface area contributed by atoms with Gasteiger partial charge in [0.2, 0.25) is 5.91 Å². The summed E-state index contributed by atoms with van der Waals surface area (Å²) < 4.78 is 23.8.